The lowest BCUT2D eigenvalue weighted by molar-refractivity contribution is 0.555. The number of hydrogen-bond acceptors (Lipinski definition) is 5. The largest absolute Gasteiger partial charge is 0.339 e. The van der Waals surface area contributed by atoms with Crippen molar-refractivity contribution in [3.8, 4) is 0 Å². The third kappa shape index (κ3) is 2.50. The first-order valence-corrected chi connectivity index (χ1v) is 7.59. The number of imidazole rings is 1. The van der Waals surface area contributed by atoms with Gasteiger partial charge in [-0.1, -0.05) is 6.92 Å². The molecule has 0 radical (unpaired) electrons. The van der Waals surface area contributed by atoms with Crippen molar-refractivity contribution in [3.63, 3.8) is 0 Å². The second-order valence-electron chi connectivity index (χ2n) is 4.79. The van der Waals surface area contributed by atoms with Gasteiger partial charge in [0.2, 0.25) is 0 Å². The van der Waals surface area contributed by atoms with Gasteiger partial charge in [0.15, 0.2) is 5.13 Å². The van der Waals surface area contributed by atoms with E-state index >= 15 is 0 Å². The minimum absolute atomic E-state index is 0.321. The molecule has 1 aliphatic heterocycles. The molecule has 102 valence electrons. The number of fused-ring (bicyclic) bond motifs is 1. The van der Waals surface area contributed by atoms with Crippen LogP contribution >= 0.6 is 11.3 Å². The van der Waals surface area contributed by atoms with E-state index in [1.54, 1.807) is 11.3 Å². The first-order chi connectivity index (χ1) is 9.28. The Kier molecular flexibility index (Phi) is 3.52. The molecule has 1 N–H and O–H groups in total. The topological polar surface area (TPSA) is 46.0 Å². The Morgan fingerprint density at radius 3 is 3.21 bits per heavy atom. The van der Waals surface area contributed by atoms with Crippen molar-refractivity contribution in [2.45, 2.75) is 33.0 Å². The molecule has 0 fully saturated rings. The lowest BCUT2D eigenvalue weighted by Gasteiger charge is -2.27. The smallest absolute Gasteiger partial charge is 0.186 e. The summed E-state index contributed by atoms with van der Waals surface area (Å²) in [6.07, 6.45) is 3.92. The predicted molar refractivity (Wildman–Crippen MR) is 77.5 cm³/mol. The Bertz CT molecular complexity index is 547. The maximum absolute atomic E-state index is 4.75. The third-order valence-electron chi connectivity index (χ3n) is 3.48. The summed E-state index contributed by atoms with van der Waals surface area (Å²) in [5.74, 6) is 1.13. The normalized spacial score (nSPS) is 16.4. The molecule has 0 saturated carbocycles. The van der Waals surface area contributed by atoms with Crippen LogP contribution in [-0.4, -0.2) is 27.6 Å². The van der Waals surface area contributed by atoms with E-state index in [2.05, 4.69) is 39.0 Å². The van der Waals surface area contributed by atoms with E-state index in [1.165, 1.54) is 0 Å². The zero-order chi connectivity index (χ0) is 13.2. The summed E-state index contributed by atoms with van der Waals surface area (Å²) >= 11 is 1.73. The Morgan fingerprint density at radius 1 is 1.47 bits per heavy atom. The summed E-state index contributed by atoms with van der Waals surface area (Å²) < 4.78 is 2.21. The standard InChI is InChI=1S/C13H19N5S/c1-3-14-10(2)11-9-19-13(16-11)18-7-6-17-5-4-15-12(17)8-18/h4-5,9-10,14H,3,6-8H2,1-2H3. The molecule has 0 aliphatic carbocycles. The first-order valence-electron chi connectivity index (χ1n) is 6.71. The van der Waals surface area contributed by atoms with Crippen LogP contribution in [-0.2, 0) is 13.1 Å². The summed E-state index contributed by atoms with van der Waals surface area (Å²) in [6.45, 7) is 8.10. The Hall–Kier alpha value is -1.40. The third-order valence-corrected chi connectivity index (χ3v) is 4.40. The summed E-state index contributed by atoms with van der Waals surface area (Å²) in [5, 5.41) is 6.66. The number of anilines is 1. The molecule has 1 atom stereocenters. The number of rotatable bonds is 4. The van der Waals surface area contributed by atoms with Crippen LogP contribution in [0, 0.1) is 0 Å². The van der Waals surface area contributed by atoms with Gasteiger partial charge in [-0.3, -0.25) is 0 Å². The van der Waals surface area contributed by atoms with Crippen molar-refractivity contribution in [1.82, 2.24) is 19.9 Å². The molecule has 3 rings (SSSR count). The van der Waals surface area contributed by atoms with Gasteiger partial charge in [-0.05, 0) is 13.5 Å². The molecule has 2 aromatic heterocycles. The van der Waals surface area contributed by atoms with Crippen molar-refractivity contribution >= 4 is 16.5 Å². The Balaban J connectivity index is 1.74. The first kappa shape index (κ1) is 12.6. The maximum Gasteiger partial charge on any atom is 0.186 e. The van der Waals surface area contributed by atoms with Crippen molar-refractivity contribution in [2.75, 3.05) is 18.0 Å². The molecule has 6 heteroatoms. The lowest BCUT2D eigenvalue weighted by Crippen LogP contribution is -2.33. The van der Waals surface area contributed by atoms with E-state index in [0.29, 0.717) is 6.04 Å². The van der Waals surface area contributed by atoms with Crippen LogP contribution in [0.2, 0.25) is 0 Å². The molecule has 1 aliphatic rings. The van der Waals surface area contributed by atoms with Crippen LogP contribution in [0.25, 0.3) is 0 Å². The van der Waals surface area contributed by atoms with Crippen LogP contribution in [0.5, 0.6) is 0 Å². The van der Waals surface area contributed by atoms with Crippen LogP contribution in [0.15, 0.2) is 17.8 Å². The highest BCUT2D eigenvalue weighted by molar-refractivity contribution is 7.13. The fraction of sp³-hybridized carbons (Fsp3) is 0.538. The van der Waals surface area contributed by atoms with Gasteiger partial charge in [0.25, 0.3) is 0 Å². The molecule has 0 bridgehead atoms. The lowest BCUT2D eigenvalue weighted by atomic mass is 10.2. The average molecular weight is 277 g/mol. The van der Waals surface area contributed by atoms with E-state index in [1.807, 2.05) is 12.4 Å². The second-order valence-corrected chi connectivity index (χ2v) is 5.63. The van der Waals surface area contributed by atoms with Crippen molar-refractivity contribution < 1.29 is 0 Å². The number of thiazole rings is 1. The zero-order valence-electron chi connectivity index (χ0n) is 11.3. The number of nitrogens with one attached hydrogen (secondary N) is 1. The van der Waals surface area contributed by atoms with Gasteiger partial charge >= 0.3 is 0 Å². The number of nitrogens with zero attached hydrogens (tertiary/aromatic N) is 4. The van der Waals surface area contributed by atoms with E-state index in [4.69, 9.17) is 4.98 Å². The van der Waals surface area contributed by atoms with Crippen LogP contribution in [0.1, 0.15) is 31.4 Å². The number of aromatic nitrogens is 3. The Labute approximate surface area is 117 Å². The molecular formula is C13H19N5S. The van der Waals surface area contributed by atoms with Gasteiger partial charge in [-0.25, -0.2) is 9.97 Å². The monoisotopic (exact) mass is 277 g/mol. The molecule has 19 heavy (non-hydrogen) atoms. The van der Waals surface area contributed by atoms with Gasteiger partial charge in [-0.15, -0.1) is 11.3 Å². The van der Waals surface area contributed by atoms with Crippen LogP contribution in [0.4, 0.5) is 5.13 Å². The maximum atomic E-state index is 4.75. The molecule has 2 aromatic rings. The predicted octanol–water partition coefficient (Wildman–Crippen LogP) is 2.03. The second kappa shape index (κ2) is 5.30. The summed E-state index contributed by atoms with van der Waals surface area (Å²) in [6, 6.07) is 0.321. The van der Waals surface area contributed by atoms with Gasteiger partial charge in [0.05, 0.1) is 12.2 Å². The highest BCUT2D eigenvalue weighted by atomic mass is 32.1. The summed E-state index contributed by atoms with van der Waals surface area (Å²) in [5.41, 5.74) is 1.13. The van der Waals surface area contributed by atoms with Gasteiger partial charge in [-0.2, -0.15) is 0 Å². The van der Waals surface area contributed by atoms with Crippen molar-refractivity contribution in [3.05, 3.63) is 29.3 Å². The van der Waals surface area contributed by atoms with E-state index in [0.717, 1.165) is 42.8 Å². The zero-order valence-corrected chi connectivity index (χ0v) is 12.2. The van der Waals surface area contributed by atoms with E-state index < -0.39 is 0 Å². The quantitative estimate of drug-likeness (QED) is 0.929. The van der Waals surface area contributed by atoms with E-state index in [9.17, 15) is 0 Å². The molecular weight excluding hydrogens is 258 g/mol. The fourth-order valence-electron chi connectivity index (χ4n) is 2.37. The van der Waals surface area contributed by atoms with Crippen molar-refractivity contribution in [1.29, 1.82) is 0 Å². The van der Waals surface area contributed by atoms with Gasteiger partial charge in [0.1, 0.15) is 5.82 Å². The van der Waals surface area contributed by atoms with Crippen LogP contribution < -0.4 is 10.2 Å². The number of hydrogen-bond donors (Lipinski definition) is 1. The minimum atomic E-state index is 0.321. The molecule has 0 aromatic carbocycles. The molecule has 0 spiro atoms. The van der Waals surface area contributed by atoms with Crippen LogP contribution in [0.3, 0.4) is 0 Å². The summed E-state index contributed by atoms with van der Waals surface area (Å²) in [7, 11) is 0. The average Bonchev–Trinajstić information content (AvgIpc) is 3.07. The van der Waals surface area contributed by atoms with Gasteiger partial charge in [0, 0.05) is 36.9 Å². The molecule has 1 unspecified atom stereocenters. The minimum Gasteiger partial charge on any atom is -0.339 e. The molecule has 0 amide bonds. The van der Waals surface area contributed by atoms with Crippen molar-refractivity contribution in [2.24, 2.45) is 0 Å². The molecule has 5 nitrogen and oxygen atoms in total. The highest BCUT2D eigenvalue weighted by Crippen LogP contribution is 2.26. The molecule has 0 saturated heterocycles. The van der Waals surface area contributed by atoms with Gasteiger partial charge < -0.3 is 14.8 Å². The van der Waals surface area contributed by atoms with E-state index in [-0.39, 0.29) is 0 Å². The highest BCUT2D eigenvalue weighted by Gasteiger charge is 2.20. The summed E-state index contributed by atoms with van der Waals surface area (Å²) in [4.78, 5) is 11.5. The molecule has 3 heterocycles. The SMILES string of the molecule is CCNC(C)c1csc(N2CCn3ccnc3C2)n1. The fourth-order valence-corrected chi connectivity index (χ4v) is 3.31. The Morgan fingerprint density at radius 2 is 2.37 bits per heavy atom.